The Morgan fingerprint density at radius 1 is 1.06 bits per heavy atom. The molecule has 4 rings (SSSR count). The van der Waals surface area contributed by atoms with Crippen LogP contribution in [0.15, 0.2) is 59.5 Å². The zero-order valence-electron chi connectivity index (χ0n) is 18.9. The van der Waals surface area contributed by atoms with Gasteiger partial charge in [0, 0.05) is 31.3 Å². The summed E-state index contributed by atoms with van der Waals surface area (Å²) in [5.41, 5.74) is 3.78. The van der Waals surface area contributed by atoms with Crippen molar-refractivity contribution in [2.24, 2.45) is 5.92 Å². The van der Waals surface area contributed by atoms with Crippen LogP contribution in [0.5, 0.6) is 0 Å². The highest BCUT2D eigenvalue weighted by atomic mass is 16.4. The Balaban J connectivity index is 1.58. The molecule has 0 amide bonds. The van der Waals surface area contributed by atoms with Gasteiger partial charge >= 0.3 is 11.7 Å². The smallest absolute Gasteiger partial charge is 0.336 e. The van der Waals surface area contributed by atoms with Crippen molar-refractivity contribution in [3.8, 4) is 23.5 Å². The number of aromatic carboxylic acids is 1. The summed E-state index contributed by atoms with van der Waals surface area (Å²) in [4.78, 5) is 24.8. The number of rotatable bonds is 8. The van der Waals surface area contributed by atoms with E-state index in [9.17, 15) is 14.7 Å². The van der Waals surface area contributed by atoms with E-state index in [-0.39, 0.29) is 11.3 Å². The lowest BCUT2D eigenvalue weighted by atomic mass is 9.89. The predicted molar refractivity (Wildman–Crippen MR) is 130 cm³/mol. The molecular formula is C28H30N2O3. The molecule has 0 aliphatic heterocycles. The summed E-state index contributed by atoms with van der Waals surface area (Å²) >= 11 is 0. The highest BCUT2D eigenvalue weighted by molar-refractivity contribution is 5.95. The average Bonchev–Trinajstić information content (AvgIpc) is 3.13. The van der Waals surface area contributed by atoms with Gasteiger partial charge in [-0.25, -0.2) is 9.59 Å². The van der Waals surface area contributed by atoms with Crippen LogP contribution in [0.2, 0.25) is 0 Å². The molecule has 5 nitrogen and oxygen atoms in total. The van der Waals surface area contributed by atoms with Gasteiger partial charge in [0.25, 0.3) is 0 Å². The van der Waals surface area contributed by atoms with Crippen LogP contribution in [0.25, 0.3) is 11.1 Å². The number of terminal acetylenes is 1. The van der Waals surface area contributed by atoms with Crippen molar-refractivity contribution in [1.29, 1.82) is 0 Å². The molecule has 0 atom stereocenters. The fourth-order valence-electron chi connectivity index (χ4n) is 4.82. The van der Waals surface area contributed by atoms with E-state index in [4.69, 9.17) is 6.42 Å². The molecule has 1 saturated carbocycles. The van der Waals surface area contributed by atoms with Gasteiger partial charge in [-0.05, 0) is 41.5 Å². The summed E-state index contributed by atoms with van der Waals surface area (Å²) < 4.78 is 3.71. The molecule has 1 aliphatic rings. The number of hydrogen-bond donors (Lipinski definition) is 1. The van der Waals surface area contributed by atoms with Gasteiger partial charge in [0.1, 0.15) is 0 Å². The van der Waals surface area contributed by atoms with Gasteiger partial charge in [0.15, 0.2) is 0 Å². The van der Waals surface area contributed by atoms with Gasteiger partial charge in [-0.15, -0.1) is 12.3 Å². The van der Waals surface area contributed by atoms with E-state index in [1.54, 1.807) is 12.1 Å². The van der Waals surface area contributed by atoms with Gasteiger partial charge in [-0.1, -0.05) is 61.7 Å². The maximum Gasteiger partial charge on any atom is 0.336 e. The molecule has 1 heterocycles. The van der Waals surface area contributed by atoms with Crippen LogP contribution in [0.3, 0.4) is 0 Å². The number of carboxylic acid groups (broad SMARTS) is 1. The number of hydrogen-bond acceptors (Lipinski definition) is 2. The van der Waals surface area contributed by atoms with E-state index in [0.29, 0.717) is 30.9 Å². The molecule has 0 bridgehead atoms. The van der Waals surface area contributed by atoms with Gasteiger partial charge in [0.05, 0.1) is 12.1 Å². The van der Waals surface area contributed by atoms with E-state index in [1.165, 1.54) is 32.1 Å². The number of benzene rings is 2. The van der Waals surface area contributed by atoms with Gasteiger partial charge in [-0.3, -0.25) is 9.13 Å². The number of aromatic nitrogens is 2. The molecule has 0 spiro atoms. The molecule has 5 heteroatoms. The second-order valence-electron chi connectivity index (χ2n) is 8.90. The second kappa shape index (κ2) is 10.4. The minimum Gasteiger partial charge on any atom is -0.478 e. The Bertz CT molecular complexity index is 1210. The van der Waals surface area contributed by atoms with E-state index in [0.717, 1.165) is 23.4 Å². The van der Waals surface area contributed by atoms with Crippen LogP contribution < -0.4 is 5.69 Å². The molecule has 0 saturated heterocycles. The predicted octanol–water partition coefficient (Wildman–Crippen LogP) is 5.21. The van der Waals surface area contributed by atoms with E-state index < -0.39 is 5.97 Å². The topological polar surface area (TPSA) is 64.2 Å². The molecule has 1 aliphatic carbocycles. The highest BCUT2D eigenvalue weighted by Gasteiger charge is 2.18. The first-order valence-electron chi connectivity index (χ1n) is 11.7. The fourth-order valence-corrected chi connectivity index (χ4v) is 4.82. The van der Waals surface area contributed by atoms with Crippen LogP contribution in [-0.4, -0.2) is 20.2 Å². The number of nitrogens with zero attached hydrogens (tertiary/aromatic N) is 2. The van der Waals surface area contributed by atoms with E-state index in [1.807, 2.05) is 51.7 Å². The van der Waals surface area contributed by atoms with Crippen LogP contribution in [-0.2, 0) is 19.5 Å². The molecule has 1 N–H and O–H groups in total. The quantitative estimate of drug-likeness (QED) is 0.487. The Labute approximate surface area is 194 Å². The number of imidazole rings is 1. The second-order valence-corrected chi connectivity index (χ2v) is 8.90. The van der Waals surface area contributed by atoms with Crippen molar-refractivity contribution in [2.45, 2.75) is 58.0 Å². The third-order valence-corrected chi connectivity index (χ3v) is 6.60. The first-order valence-corrected chi connectivity index (χ1v) is 11.7. The van der Waals surface area contributed by atoms with Crippen molar-refractivity contribution < 1.29 is 9.90 Å². The summed E-state index contributed by atoms with van der Waals surface area (Å²) in [6.07, 6.45) is 14.9. The summed E-state index contributed by atoms with van der Waals surface area (Å²) in [6, 6.07) is 14.7. The molecule has 33 heavy (non-hydrogen) atoms. The molecule has 2 aromatic carbocycles. The summed E-state index contributed by atoms with van der Waals surface area (Å²) in [5, 5.41) is 9.47. The lowest BCUT2D eigenvalue weighted by molar-refractivity contribution is 0.0697. The molecule has 0 unspecified atom stereocenters. The third-order valence-electron chi connectivity index (χ3n) is 6.60. The Morgan fingerprint density at radius 3 is 2.48 bits per heavy atom. The van der Waals surface area contributed by atoms with E-state index in [2.05, 4.69) is 5.92 Å². The maximum atomic E-state index is 13.2. The average molecular weight is 443 g/mol. The van der Waals surface area contributed by atoms with Crippen molar-refractivity contribution in [3.05, 3.63) is 82.0 Å². The molecule has 0 radical (unpaired) electrons. The van der Waals surface area contributed by atoms with Crippen molar-refractivity contribution in [2.75, 3.05) is 0 Å². The zero-order chi connectivity index (χ0) is 23.2. The standard InChI is InChI=1S/C28H30N2O3/c1-2-3-11-24-20-29(18-21-9-5-4-6-10-21)28(33)30(24)19-22-14-16-23(17-15-22)25-12-7-8-13-26(25)27(31)32/h1,7-8,12-17,20-21H,3-6,9-11,18-19H2,(H,31,32). The number of carboxylic acids is 1. The maximum absolute atomic E-state index is 13.2. The van der Waals surface area contributed by atoms with Crippen LogP contribution in [0, 0.1) is 18.3 Å². The lowest BCUT2D eigenvalue weighted by Crippen LogP contribution is -2.28. The fraction of sp³-hybridized carbons (Fsp3) is 0.357. The van der Waals surface area contributed by atoms with Crippen LogP contribution in [0.4, 0.5) is 0 Å². The summed E-state index contributed by atoms with van der Waals surface area (Å²) in [6.45, 7) is 1.25. The third kappa shape index (κ3) is 5.28. The van der Waals surface area contributed by atoms with Crippen LogP contribution >= 0.6 is 0 Å². The van der Waals surface area contributed by atoms with Crippen LogP contribution in [0.1, 0.15) is 60.1 Å². The first-order chi connectivity index (χ1) is 16.1. The zero-order valence-corrected chi connectivity index (χ0v) is 18.9. The summed E-state index contributed by atoms with van der Waals surface area (Å²) in [7, 11) is 0. The number of carbonyl (C=O) groups is 1. The van der Waals surface area contributed by atoms with E-state index >= 15 is 0 Å². The molecular weight excluding hydrogens is 412 g/mol. The molecule has 1 aromatic heterocycles. The SMILES string of the molecule is C#CCCc1cn(CC2CCCCC2)c(=O)n1Cc1ccc(-c2ccccc2C(=O)O)cc1. The van der Waals surface area contributed by atoms with Gasteiger partial charge in [0.2, 0.25) is 0 Å². The Kier molecular flexibility index (Phi) is 7.14. The molecule has 3 aromatic rings. The molecule has 170 valence electrons. The van der Waals surface area contributed by atoms with Crippen molar-refractivity contribution in [1.82, 2.24) is 9.13 Å². The van der Waals surface area contributed by atoms with Gasteiger partial charge < -0.3 is 5.11 Å². The minimum atomic E-state index is -0.946. The highest BCUT2D eigenvalue weighted by Crippen LogP contribution is 2.26. The minimum absolute atomic E-state index is 0.0212. The Hall–Kier alpha value is -3.52. The molecule has 1 fully saturated rings. The largest absolute Gasteiger partial charge is 0.478 e. The van der Waals surface area contributed by atoms with Crippen molar-refractivity contribution in [3.63, 3.8) is 0 Å². The monoisotopic (exact) mass is 442 g/mol. The first kappa shape index (κ1) is 22.7. The van der Waals surface area contributed by atoms with Gasteiger partial charge in [-0.2, -0.15) is 0 Å². The Morgan fingerprint density at radius 2 is 1.79 bits per heavy atom. The van der Waals surface area contributed by atoms with Crippen molar-refractivity contribution >= 4 is 5.97 Å². The lowest BCUT2D eigenvalue weighted by Gasteiger charge is -2.21. The number of aryl methyl sites for hydroxylation is 1. The summed E-state index contributed by atoms with van der Waals surface area (Å²) in [5.74, 6) is 2.31. The normalized spacial score (nSPS) is 14.2.